The van der Waals surface area contributed by atoms with Gasteiger partial charge in [-0.15, -0.1) is 0 Å². The first-order valence-electron chi connectivity index (χ1n) is 8.10. The first kappa shape index (κ1) is 15.4. The second kappa shape index (κ2) is 6.30. The van der Waals surface area contributed by atoms with Gasteiger partial charge in [0.2, 0.25) is 0 Å². The molecule has 6 heteroatoms. The van der Waals surface area contributed by atoms with E-state index in [9.17, 15) is 5.11 Å². The van der Waals surface area contributed by atoms with E-state index in [1.165, 1.54) is 0 Å². The van der Waals surface area contributed by atoms with Crippen LogP contribution in [0.5, 0.6) is 0 Å². The third kappa shape index (κ3) is 3.81. The minimum atomic E-state index is -0.512. The minimum absolute atomic E-state index is 0.322. The minimum Gasteiger partial charge on any atom is -0.396 e. The normalized spacial score (nSPS) is 31.9. The van der Waals surface area contributed by atoms with Crippen LogP contribution in [0.15, 0.2) is 12.3 Å². The summed E-state index contributed by atoms with van der Waals surface area (Å²) in [7, 11) is 0. The zero-order valence-corrected chi connectivity index (χ0v) is 13.1. The molecule has 1 aromatic heterocycles. The average molecular weight is 306 g/mol. The monoisotopic (exact) mass is 306 g/mol. The molecule has 122 valence electrons. The van der Waals surface area contributed by atoms with Crippen molar-refractivity contribution in [1.82, 2.24) is 4.98 Å². The van der Waals surface area contributed by atoms with Crippen LogP contribution in [0.2, 0.25) is 0 Å². The number of aliphatic hydroxyl groups is 1. The van der Waals surface area contributed by atoms with E-state index in [1.54, 1.807) is 6.20 Å². The number of nitrogens with two attached hydrogens (primary N) is 1. The smallest absolute Gasteiger partial charge is 0.128 e. The number of rotatable bonds is 4. The Hall–Kier alpha value is -1.53. The van der Waals surface area contributed by atoms with E-state index in [-0.39, 0.29) is 0 Å². The van der Waals surface area contributed by atoms with Crippen molar-refractivity contribution >= 4 is 17.2 Å². The second-order valence-corrected chi connectivity index (χ2v) is 6.78. The maximum absolute atomic E-state index is 10.0. The van der Waals surface area contributed by atoms with Gasteiger partial charge in [-0.2, -0.15) is 0 Å². The highest BCUT2D eigenvalue weighted by atomic mass is 16.5. The Morgan fingerprint density at radius 3 is 2.73 bits per heavy atom. The van der Waals surface area contributed by atoms with Crippen molar-refractivity contribution in [3.8, 4) is 0 Å². The van der Waals surface area contributed by atoms with Gasteiger partial charge in [-0.3, -0.25) is 0 Å². The molecule has 1 saturated carbocycles. The highest BCUT2D eigenvalue weighted by Gasteiger charge is 2.28. The molecular formula is C16H26N4O2. The SMILES string of the molecule is CC1(O)CCC(Nc2cc(N[C@H]3CCOC3)c(N)cn2)CC1. The summed E-state index contributed by atoms with van der Waals surface area (Å²) in [6.45, 7) is 3.44. The van der Waals surface area contributed by atoms with E-state index >= 15 is 0 Å². The molecule has 2 fully saturated rings. The molecule has 0 spiro atoms. The van der Waals surface area contributed by atoms with E-state index in [0.717, 1.165) is 56.8 Å². The fourth-order valence-electron chi connectivity index (χ4n) is 3.13. The van der Waals surface area contributed by atoms with Crippen LogP contribution in [-0.4, -0.2) is 41.0 Å². The lowest BCUT2D eigenvalue weighted by Gasteiger charge is -2.33. The van der Waals surface area contributed by atoms with E-state index < -0.39 is 5.60 Å². The van der Waals surface area contributed by atoms with Crippen molar-refractivity contribution in [3.05, 3.63) is 12.3 Å². The quantitative estimate of drug-likeness (QED) is 0.680. The van der Waals surface area contributed by atoms with Crippen LogP contribution >= 0.6 is 0 Å². The Labute approximate surface area is 131 Å². The lowest BCUT2D eigenvalue weighted by molar-refractivity contribution is 0.0196. The van der Waals surface area contributed by atoms with Crippen molar-refractivity contribution < 1.29 is 9.84 Å². The molecule has 2 aliphatic rings. The third-order valence-electron chi connectivity index (χ3n) is 4.64. The number of nitrogen functional groups attached to an aromatic ring is 1. The zero-order valence-electron chi connectivity index (χ0n) is 13.1. The lowest BCUT2D eigenvalue weighted by atomic mass is 9.84. The third-order valence-corrected chi connectivity index (χ3v) is 4.64. The van der Waals surface area contributed by atoms with Gasteiger partial charge in [-0.05, 0) is 39.0 Å². The molecule has 0 radical (unpaired) electrons. The largest absolute Gasteiger partial charge is 0.396 e. The van der Waals surface area contributed by atoms with Crippen molar-refractivity contribution in [3.63, 3.8) is 0 Å². The topological polar surface area (TPSA) is 92.4 Å². The molecule has 1 aliphatic heterocycles. The summed E-state index contributed by atoms with van der Waals surface area (Å²) >= 11 is 0. The van der Waals surface area contributed by atoms with Crippen LogP contribution in [-0.2, 0) is 4.74 Å². The molecule has 5 N–H and O–H groups in total. The predicted octanol–water partition coefficient (Wildman–Crippen LogP) is 1.97. The molecule has 1 saturated heterocycles. The molecular weight excluding hydrogens is 280 g/mol. The highest BCUT2D eigenvalue weighted by Crippen LogP contribution is 2.30. The van der Waals surface area contributed by atoms with Gasteiger partial charge in [0.15, 0.2) is 0 Å². The first-order valence-corrected chi connectivity index (χ1v) is 8.10. The molecule has 3 rings (SSSR count). The molecule has 6 nitrogen and oxygen atoms in total. The molecule has 22 heavy (non-hydrogen) atoms. The van der Waals surface area contributed by atoms with Crippen LogP contribution < -0.4 is 16.4 Å². The lowest BCUT2D eigenvalue weighted by Crippen LogP contribution is -2.35. The van der Waals surface area contributed by atoms with Crippen molar-refractivity contribution in [1.29, 1.82) is 0 Å². The predicted molar refractivity (Wildman–Crippen MR) is 88.0 cm³/mol. The van der Waals surface area contributed by atoms with Crippen molar-refractivity contribution in [2.45, 2.75) is 56.7 Å². The van der Waals surface area contributed by atoms with Gasteiger partial charge in [0.05, 0.1) is 35.8 Å². The molecule has 0 amide bonds. The van der Waals surface area contributed by atoms with Gasteiger partial charge >= 0.3 is 0 Å². The molecule has 2 heterocycles. The maximum atomic E-state index is 10.0. The van der Waals surface area contributed by atoms with Crippen molar-refractivity contribution in [2.24, 2.45) is 0 Å². The van der Waals surface area contributed by atoms with E-state index in [4.69, 9.17) is 10.5 Å². The summed E-state index contributed by atoms with van der Waals surface area (Å²) in [5.74, 6) is 0.835. The number of pyridine rings is 1. The summed E-state index contributed by atoms with van der Waals surface area (Å²) in [6.07, 6.45) is 6.26. The summed E-state index contributed by atoms with van der Waals surface area (Å²) in [5, 5.41) is 16.9. The van der Waals surface area contributed by atoms with Crippen LogP contribution in [0.25, 0.3) is 0 Å². The molecule has 0 aromatic carbocycles. The highest BCUT2D eigenvalue weighted by molar-refractivity contribution is 5.69. The number of ether oxygens (including phenoxy) is 1. The van der Waals surface area contributed by atoms with Crippen LogP contribution in [0.4, 0.5) is 17.2 Å². The summed E-state index contributed by atoms with van der Waals surface area (Å²) in [4.78, 5) is 4.37. The van der Waals surface area contributed by atoms with Crippen molar-refractivity contribution in [2.75, 3.05) is 29.6 Å². The Morgan fingerprint density at radius 2 is 2.05 bits per heavy atom. The second-order valence-electron chi connectivity index (χ2n) is 6.78. The van der Waals surface area contributed by atoms with Crippen LogP contribution in [0.3, 0.4) is 0 Å². The van der Waals surface area contributed by atoms with Gasteiger partial charge in [0, 0.05) is 18.7 Å². The van der Waals surface area contributed by atoms with Gasteiger partial charge in [0.25, 0.3) is 0 Å². The summed E-state index contributed by atoms with van der Waals surface area (Å²) in [6, 6.07) is 2.65. The van der Waals surface area contributed by atoms with E-state index in [2.05, 4.69) is 15.6 Å². The number of nitrogens with zero attached hydrogens (tertiary/aromatic N) is 1. The Bertz CT molecular complexity index is 505. The number of hydrogen-bond acceptors (Lipinski definition) is 6. The average Bonchev–Trinajstić information content (AvgIpc) is 2.98. The van der Waals surface area contributed by atoms with Gasteiger partial charge in [-0.25, -0.2) is 4.98 Å². The van der Waals surface area contributed by atoms with Gasteiger partial charge < -0.3 is 26.2 Å². The van der Waals surface area contributed by atoms with Crippen LogP contribution in [0.1, 0.15) is 39.0 Å². The number of hydrogen-bond donors (Lipinski definition) is 4. The first-order chi connectivity index (χ1) is 10.5. The maximum Gasteiger partial charge on any atom is 0.128 e. The molecule has 0 bridgehead atoms. The zero-order chi connectivity index (χ0) is 15.6. The van der Waals surface area contributed by atoms with Gasteiger partial charge in [-0.1, -0.05) is 0 Å². The Balaban J connectivity index is 1.62. The fourth-order valence-corrected chi connectivity index (χ4v) is 3.13. The number of anilines is 3. The van der Waals surface area contributed by atoms with E-state index in [1.807, 2.05) is 13.0 Å². The molecule has 0 unspecified atom stereocenters. The van der Waals surface area contributed by atoms with Gasteiger partial charge in [0.1, 0.15) is 5.82 Å². The molecule has 1 atom stereocenters. The Kier molecular flexibility index (Phi) is 4.40. The summed E-state index contributed by atoms with van der Waals surface area (Å²) in [5.41, 5.74) is 7.07. The number of aromatic nitrogens is 1. The van der Waals surface area contributed by atoms with E-state index in [0.29, 0.717) is 17.8 Å². The Morgan fingerprint density at radius 1 is 1.27 bits per heavy atom. The number of nitrogens with one attached hydrogen (secondary N) is 2. The summed E-state index contributed by atoms with van der Waals surface area (Å²) < 4.78 is 5.38. The standard InChI is InChI=1S/C16H26N4O2/c1-16(21)5-2-11(3-6-16)20-15-8-14(13(17)9-18-15)19-12-4-7-22-10-12/h8-9,11-12,21H,2-7,10,17H2,1H3,(H2,18,19,20)/t11?,12-,16?/m0/s1. The van der Waals surface area contributed by atoms with Crippen LogP contribution in [0, 0.1) is 0 Å². The molecule has 1 aliphatic carbocycles. The fraction of sp³-hybridized carbons (Fsp3) is 0.688. The molecule has 1 aromatic rings.